The molecule has 8 nitrogen and oxygen atoms in total. The standard InChI is InChI=1S/C16H26F2N8/c1-4-5-16(19)25-11-10(14(21-3)26-16)23-12(24-13(11)20-2)9-8-15(17,18)6-7-22-9/h9,22,25H,4-8,19H2,1-3H3,(H,21,26)(H,20,23,24). The number of rotatable bonds is 4. The van der Waals surface area contributed by atoms with Crippen LogP contribution in [0.4, 0.5) is 20.3 Å². The van der Waals surface area contributed by atoms with Crippen LogP contribution in [0.2, 0.25) is 0 Å². The van der Waals surface area contributed by atoms with Crippen LogP contribution in [0.5, 0.6) is 0 Å². The number of aromatic nitrogens is 2. The highest BCUT2D eigenvalue weighted by atomic mass is 19.3. The van der Waals surface area contributed by atoms with E-state index < -0.39 is 17.8 Å². The van der Waals surface area contributed by atoms with Gasteiger partial charge in [-0.1, -0.05) is 13.3 Å². The molecule has 3 rings (SSSR count). The lowest BCUT2D eigenvalue weighted by Gasteiger charge is -2.39. The fraction of sp³-hybridized carbons (Fsp3) is 0.688. The Labute approximate surface area is 151 Å². The van der Waals surface area contributed by atoms with Gasteiger partial charge in [-0.3, -0.25) is 10.7 Å². The largest absolute Gasteiger partial charge is 0.371 e. The van der Waals surface area contributed by atoms with Crippen LogP contribution in [0.1, 0.15) is 50.2 Å². The van der Waals surface area contributed by atoms with Gasteiger partial charge in [-0.15, -0.1) is 0 Å². The van der Waals surface area contributed by atoms with Crippen molar-refractivity contribution in [2.45, 2.75) is 50.4 Å². The summed E-state index contributed by atoms with van der Waals surface area (Å²) in [6.45, 7) is 2.25. The highest BCUT2D eigenvalue weighted by molar-refractivity contribution is 6.06. The molecule has 6 N–H and O–H groups in total. The van der Waals surface area contributed by atoms with Gasteiger partial charge < -0.3 is 21.3 Å². The summed E-state index contributed by atoms with van der Waals surface area (Å²) in [5, 5.41) is 12.5. The summed E-state index contributed by atoms with van der Waals surface area (Å²) in [6, 6.07) is -0.616. The van der Waals surface area contributed by atoms with Crippen LogP contribution in [0.25, 0.3) is 0 Å². The Balaban J connectivity index is 2.03. The van der Waals surface area contributed by atoms with Crippen molar-refractivity contribution in [1.82, 2.24) is 20.6 Å². The van der Waals surface area contributed by atoms with Crippen LogP contribution < -0.4 is 27.0 Å². The molecule has 0 aromatic carbocycles. The number of halogens is 2. The van der Waals surface area contributed by atoms with Crippen molar-refractivity contribution in [3.05, 3.63) is 11.5 Å². The van der Waals surface area contributed by atoms with Crippen molar-refractivity contribution in [2.24, 2.45) is 10.7 Å². The smallest absolute Gasteiger partial charge is 0.251 e. The van der Waals surface area contributed by atoms with Crippen molar-refractivity contribution < 1.29 is 8.78 Å². The first kappa shape index (κ1) is 18.7. The highest BCUT2D eigenvalue weighted by Gasteiger charge is 2.40. The Morgan fingerprint density at radius 2 is 2.12 bits per heavy atom. The summed E-state index contributed by atoms with van der Waals surface area (Å²) in [5.41, 5.74) is 7.53. The van der Waals surface area contributed by atoms with Gasteiger partial charge in [0.1, 0.15) is 17.2 Å². The zero-order chi connectivity index (χ0) is 18.9. The number of amidine groups is 1. The maximum atomic E-state index is 13.8. The number of fused-ring (bicyclic) bond motifs is 1. The molecule has 144 valence electrons. The molecule has 0 saturated carbocycles. The predicted molar refractivity (Wildman–Crippen MR) is 97.5 cm³/mol. The second kappa shape index (κ2) is 6.92. The molecule has 1 fully saturated rings. The van der Waals surface area contributed by atoms with E-state index in [-0.39, 0.29) is 19.4 Å². The first-order valence-electron chi connectivity index (χ1n) is 8.84. The van der Waals surface area contributed by atoms with Crippen LogP contribution in [0.3, 0.4) is 0 Å². The minimum atomic E-state index is -2.72. The topological polar surface area (TPSA) is 112 Å². The molecule has 2 unspecified atom stereocenters. The van der Waals surface area contributed by atoms with Crippen LogP contribution in [-0.4, -0.2) is 48.2 Å². The van der Waals surface area contributed by atoms with Gasteiger partial charge in [-0.25, -0.2) is 18.7 Å². The zero-order valence-corrected chi connectivity index (χ0v) is 15.3. The molecule has 0 aliphatic carbocycles. The SMILES string of the molecule is CCCC1(N)NC(=NC)c2nc(C3CC(F)(F)CCN3)nc(NC)c2N1. The Bertz CT molecular complexity index is 708. The molecule has 1 aromatic rings. The Morgan fingerprint density at radius 3 is 2.73 bits per heavy atom. The molecule has 0 amide bonds. The average Bonchev–Trinajstić information content (AvgIpc) is 2.59. The van der Waals surface area contributed by atoms with Crippen molar-refractivity contribution in [2.75, 3.05) is 31.3 Å². The monoisotopic (exact) mass is 368 g/mol. The van der Waals surface area contributed by atoms with Gasteiger partial charge in [-0.2, -0.15) is 0 Å². The summed E-state index contributed by atoms with van der Waals surface area (Å²) >= 11 is 0. The maximum Gasteiger partial charge on any atom is 0.251 e. The summed E-state index contributed by atoms with van der Waals surface area (Å²) in [7, 11) is 3.36. The van der Waals surface area contributed by atoms with E-state index >= 15 is 0 Å². The van der Waals surface area contributed by atoms with E-state index in [2.05, 4.69) is 36.2 Å². The highest BCUT2D eigenvalue weighted by Crippen LogP contribution is 2.36. The minimum absolute atomic E-state index is 0.176. The number of piperidine rings is 1. The van der Waals surface area contributed by atoms with E-state index in [0.29, 0.717) is 35.3 Å². The molecule has 26 heavy (non-hydrogen) atoms. The number of alkyl halides is 2. The molecule has 10 heteroatoms. The van der Waals surface area contributed by atoms with E-state index in [0.717, 1.165) is 6.42 Å². The van der Waals surface area contributed by atoms with Crippen molar-refractivity contribution in [3.63, 3.8) is 0 Å². The summed E-state index contributed by atoms with van der Waals surface area (Å²) in [5.74, 6) is -2.26. The van der Waals surface area contributed by atoms with Crippen LogP contribution >= 0.6 is 0 Å². The van der Waals surface area contributed by atoms with Gasteiger partial charge in [0.05, 0.1) is 6.04 Å². The number of anilines is 2. The van der Waals surface area contributed by atoms with Crippen molar-refractivity contribution >= 4 is 17.3 Å². The molecule has 0 bridgehead atoms. The van der Waals surface area contributed by atoms with Crippen molar-refractivity contribution in [1.29, 1.82) is 0 Å². The first-order valence-corrected chi connectivity index (χ1v) is 8.84. The Hall–Kier alpha value is -2.07. The van der Waals surface area contributed by atoms with Gasteiger partial charge >= 0.3 is 0 Å². The summed E-state index contributed by atoms with van der Waals surface area (Å²) in [6.07, 6.45) is 1.01. The second-order valence-corrected chi connectivity index (χ2v) is 6.76. The Morgan fingerprint density at radius 1 is 1.35 bits per heavy atom. The second-order valence-electron chi connectivity index (χ2n) is 6.76. The number of nitrogens with one attached hydrogen (secondary N) is 4. The van der Waals surface area contributed by atoms with Gasteiger partial charge in [0, 0.05) is 39.9 Å². The van der Waals surface area contributed by atoms with E-state index in [4.69, 9.17) is 5.73 Å². The number of nitrogens with zero attached hydrogens (tertiary/aromatic N) is 3. The van der Waals surface area contributed by atoms with Gasteiger partial charge in [0.15, 0.2) is 17.4 Å². The van der Waals surface area contributed by atoms with E-state index in [1.165, 1.54) is 0 Å². The van der Waals surface area contributed by atoms with Crippen LogP contribution in [0.15, 0.2) is 4.99 Å². The third-order valence-corrected chi connectivity index (χ3v) is 4.64. The normalized spacial score (nSPS) is 28.8. The van der Waals surface area contributed by atoms with E-state index in [1.807, 2.05) is 6.92 Å². The number of nitrogens with two attached hydrogens (primary N) is 1. The average molecular weight is 368 g/mol. The predicted octanol–water partition coefficient (Wildman–Crippen LogP) is 1.38. The molecular formula is C16H26F2N8. The summed E-state index contributed by atoms with van der Waals surface area (Å²) < 4.78 is 27.6. The fourth-order valence-corrected chi connectivity index (χ4v) is 3.40. The van der Waals surface area contributed by atoms with Gasteiger partial charge in [0.25, 0.3) is 5.92 Å². The van der Waals surface area contributed by atoms with Crippen LogP contribution in [-0.2, 0) is 0 Å². The molecule has 0 radical (unpaired) electrons. The van der Waals surface area contributed by atoms with Gasteiger partial charge in [-0.05, 0) is 0 Å². The molecule has 1 aromatic heterocycles. The Kier molecular flexibility index (Phi) is 4.98. The molecule has 0 spiro atoms. The third-order valence-electron chi connectivity index (χ3n) is 4.64. The maximum absolute atomic E-state index is 13.8. The quantitative estimate of drug-likeness (QED) is 0.546. The molecule has 1 saturated heterocycles. The van der Waals surface area contributed by atoms with Crippen molar-refractivity contribution in [3.8, 4) is 0 Å². The summed E-state index contributed by atoms with van der Waals surface area (Å²) in [4.78, 5) is 13.3. The van der Waals surface area contributed by atoms with E-state index in [1.54, 1.807) is 14.1 Å². The van der Waals surface area contributed by atoms with Crippen LogP contribution in [0, 0.1) is 0 Å². The fourth-order valence-electron chi connectivity index (χ4n) is 3.40. The number of hydrogen-bond acceptors (Lipinski definition) is 7. The first-order chi connectivity index (χ1) is 12.3. The molecule has 2 aliphatic heterocycles. The van der Waals surface area contributed by atoms with E-state index in [9.17, 15) is 8.78 Å². The lowest BCUT2D eigenvalue weighted by atomic mass is 10.00. The van der Waals surface area contributed by atoms with Gasteiger partial charge in [0.2, 0.25) is 0 Å². The molecule has 2 aliphatic rings. The lowest BCUT2D eigenvalue weighted by Crippen LogP contribution is -2.64. The molecule has 3 heterocycles. The minimum Gasteiger partial charge on any atom is -0.371 e. The lowest BCUT2D eigenvalue weighted by molar-refractivity contribution is -0.0425. The zero-order valence-electron chi connectivity index (χ0n) is 15.3. The molecular weight excluding hydrogens is 342 g/mol. The third kappa shape index (κ3) is 3.56. The molecule has 2 atom stereocenters. The number of aliphatic imine (C=N–C) groups is 1. The number of hydrogen-bond donors (Lipinski definition) is 5.